The van der Waals surface area contributed by atoms with Crippen molar-refractivity contribution in [1.29, 1.82) is 0 Å². The number of anilines is 1. The summed E-state index contributed by atoms with van der Waals surface area (Å²) >= 11 is 0. The lowest BCUT2D eigenvalue weighted by Crippen LogP contribution is -2.19. The highest BCUT2D eigenvalue weighted by Crippen LogP contribution is 2.36. The van der Waals surface area contributed by atoms with E-state index in [4.69, 9.17) is 0 Å². The molecule has 2 aliphatic heterocycles. The van der Waals surface area contributed by atoms with E-state index in [2.05, 4.69) is 19.2 Å². The fourth-order valence-corrected chi connectivity index (χ4v) is 4.27. The third-order valence-corrected chi connectivity index (χ3v) is 5.15. The first-order chi connectivity index (χ1) is 9.00. The molecule has 6 heteroatoms. The van der Waals surface area contributed by atoms with E-state index in [0.717, 1.165) is 23.4 Å². The molecule has 0 aliphatic carbocycles. The van der Waals surface area contributed by atoms with Crippen LogP contribution in [0.25, 0.3) is 10.6 Å². The SMILES string of the molecule is CC(C)CCCC(=O)Nc1c2sscc-2n(C)c1=O. The van der Waals surface area contributed by atoms with Gasteiger partial charge >= 0.3 is 0 Å². The van der Waals surface area contributed by atoms with E-state index < -0.39 is 0 Å². The quantitative estimate of drug-likeness (QED) is 0.860. The summed E-state index contributed by atoms with van der Waals surface area (Å²) in [6, 6.07) is 0. The molecule has 0 atom stereocenters. The van der Waals surface area contributed by atoms with Crippen LogP contribution in [-0.4, -0.2) is 10.5 Å². The molecular formula is C13H18N2O2S2. The number of fused-ring (bicyclic) bond motifs is 1. The van der Waals surface area contributed by atoms with E-state index >= 15 is 0 Å². The van der Waals surface area contributed by atoms with Crippen molar-refractivity contribution >= 4 is 32.3 Å². The predicted molar refractivity (Wildman–Crippen MR) is 81.4 cm³/mol. The van der Waals surface area contributed by atoms with Gasteiger partial charge in [0.05, 0.1) is 10.6 Å². The van der Waals surface area contributed by atoms with Gasteiger partial charge in [0.1, 0.15) is 5.69 Å². The molecular weight excluding hydrogens is 280 g/mol. The first-order valence-electron chi connectivity index (χ1n) is 6.36. The van der Waals surface area contributed by atoms with E-state index in [1.165, 1.54) is 10.3 Å². The highest BCUT2D eigenvalue weighted by molar-refractivity contribution is 7.70. The van der Waals surface area contributed by atoms with Gasteiger partial charge in [0.15, 0.2) is 0 Å². The molecule has 1 amide bonds. The molecule has 1 N–H and O–H groups in total. The average molecular weight is 298 g/mol. The first-order valence-corrected chi connectivity index (χ1v) is 8.58. The van der Waals surface area contributed by atoms with Gasteiger partial charge in [-0.25, -0.2) is 0 Å². The van der Waals surface area contributed by atoms with Crippen molar-refractivity contribution in [1.82, 2.24) is 4.57 Å². The van der Waals surface area contributed by atoms with E-state index in [0.29, 0.717) is 18.0 Å². The van der Waals surface area contributed by atoms with Crippen LogP contribution in [0, 0.1) is 5.92 Å². The van der Waals surface area contributed by atoms with Gasteiger partial charge in [-0.15, -0.1) is 0 Å². The summed E-state index contributed by atoms with van der Waals surface area (Å²) in [5.74, 6) is 0.536. The maximum Gasteiger partial charge on any atom is 0.276 e. The molecule has 19 heavy (non-hydrogen) atoms. The molecule has 0 aromatic rings. The fourth-order valence-electron chi connectivity index (χ4n) is 1.97. The topological polar surface area (TPSA) is 51.1 Å². The van der Waals surface area contributed by atoms with Gasteiger partial charge in [0, 0.05) is 18.8 Å². The van der Waals surface area contributed by atoms with Crippen molar-refractivity contribution in [2.24, 2.45) is 13.0 Å². The number of rotatable bonds is 5. The number of hydrogen-bond donors (Lipinski definition) is 1. The third kappa shape index (κ3) is 3.06. The molecule has 0 unspecified atom stereocenters. The Morgan fingerprint density at radius 1 is 1.47 bits per heavy atom. The Labute approximate surface area is 119 Å². The maximum absolute atomic E-state index is 12.0. The van der Waals surface area contributed by atoms with E-state index in [1.54, 1.807) is 22.0 Å². The Morgan fingerprint density at radius 3 is 2.89 bits per heavy atom. The summed E-state index contributed by atoms with van der Waals surface area (Å²) in [5, 5.41) is 4.72. The zero-order valence-electron chi connectivity index (χ0n) is 11.4. The molecule has 0 spiro atoms. The number of aromatic nitrogens is 1. The van der Waals surface area contributed by atoms with Gasteiger partial charge in [-0.1, -0.05) is 40.9 Å². The van der Waals surface area contributed by atoms with Crippen LogP contribution < -0.4 is 10.9 Å². The Balaban J connectivity index is 2.05. The Bertz CT molecular complexity index is 594. The van der Waals surface area contributed by atoms with Crippen molar-refractivity contribution in [2.45, 2.75) is 33.1 Å². The minimum atomic E-state index is -0.119. The second-order valence-electron chi connectivity index (χ2n) is 5.09. The number of hydrogen-bond acceptors (Lipinski definition) is 4. The maximum atomic E-state index is 12.0. The average Bonchev–Trinajstić information content (AvgIpc) is 2.89. The molecule has 4 nitrogen and oxygen atoms in total. The largest absolute Gasteiger partial charge is 0.320 e. The number of nitrogens with zero attached hydrogens (tertiary/aromatic N) is 1. The van der Waals surface area contributed by atoms with Crippen LogP contribution in [0.15, 0.2) is 10.2 Å². The van der Waals surface area contributed by atoms with Crippen LogP contribution in [-0.2, 0) is 11.8 Å². The molecule has 0 saturated carbocycles. The molecule has 0 aromatic carbocycles. The first kappa shape index (κ1) is 14.3. The summed E-state index contributed by atoms with van der Waals surface area (Å²) in [6.45, 7) is 4.28. The lowest BCUT2D eigenvalue weighted by Gasteiger charge is -2.05. The van der Waals surface area contributed by atoms with Crippen LogP contribution in [0.2, 0.25) is 0 Å². The van der Waals surface area contributed by atoms with Gasteiger partial charge in [-0.3, -0.25) is 9.59 Å². The second kappa shape index (κ2) is 5.88. The molecule has 0 radical (unpaired) electrons. The summed E-state index contributed by atoms with van der Waals surface area (Å²) in [5.41, 5.74) is 1.22. The number of amides is 1. The molecule has 104 valence electrons. The van der Waals surface area contributed by atoms with Crippen LogP contribution in [0.5, 0.6) is 0 Å². The Morgan fingerprint density at radius 2 is 2.21 bits per heavy atom. The van der Waals surface area contributed by atoms with Crippen LogP contribution >= 0.6 is 20.7 Å². The highest BCUT2D eigenvalue weighted by Gasteiger charge is 2.21. The van der Waals surface area contributed by atoms with Crippen molar-refractivity contribution in [3.8, 4) is 10.6 Å². The molecule has 0 saturated heterocycles. The summed E-state index contributed by atoms with van der Waals surface area (Å²) in [6.07, 6.45) is 2.37. The number of nitrogens with one attached hydrogen (secondary N) is 1. The lowest BCUT2D eigenvalue weighted by molar-refractivity contribution is -0.116. The molecule has 0 aromatic heterocycles. The van der Waals surface area contributed by atoms with Crippen molar-refractivity contribution in [3.63, 3.8) is 0 Å². The van der Waals surface area contributed by atoms with Crippen LogP contribution in [0.1, 0.15) is 33.1 Å². The number of carbonyl (C=O) groups excluding carboxylic acids is 1. The molecule has 0 bridgehead atoms. The van der Waals surface area contributed by atoms with Crippen molar-refractivity contribution in [3.05, 3.63) is 15.7 Å². The van der Waals surface area contributed by atoms with Gasteiger partial charge < -0.3 is 9.88 Å². The standard InChI is InChI=1S/C13H18N2O2S2/c1-8(2)5-4-6-10(16)14-11-12-9(7-18-19-12)15(3)13(11)17/h7-8H,4-6H2,1-3H3,(H,14,16). The summed E-state index contributed by atoms with van der Waals surface area (Å²) in [4.78, 5) is 24.8. The normalized spacial score (nSPS) is 11.4. The van der Waals surface area contributed by atoms with Gasteiger partial charge in [-0.2, -0.15) is 0 Å². The zero-order valence-corrected chi connectivity index (χ0v) is 13.0. The fraction of sp³-hybridized carbons (Fsp3) is 0.538. The molecule has 2 aliphatic rings. The zero-order chi connectivity index (χ0) is 14.0. The number of carbonyl (C=O) groups is 1. The monoisotopic (exact) mass is 298 g/mol. The summed E-state index contributed by atoms with van der Waals surface area (Å²) in [7, 11) is 4.84. The van der Waals surface area contributed by atoms with Crippen molar-refractivity contribution in [2.75, 3.05) is 5.32 Å². The van der Waals surface area contributed by atoms with Crippen LogP contribution in [0.4, 0.5) is 5.69 Å². The van der Waals surface area contributed by atoms with Gasteiger partial charge in [-0.05, 0) is 12.3 Å². The van der Waals surface area contributed by atoms with Crippen LogP contribution in [0.3, 0.4) is 0 Å². The van der Waals surface area contributed by atoms with E-state index in [-0.39, 0.29) is 11.5 Å². The highest BCUT2D eigenvalue weighted by atomic mass is 32.9. The molecule has 2 heterocycles. The minimum absolute atomic E-state index is 0.0661. The van der Waals surface area contributed by atoms with E-state index in [9.17, 15) is 9.59 Å². The van der Waals surface area contributed by atoms with Gasteiger partial charge in [0.2, 0.25) is 5.91 Å². The molecule has 2 rings (SSSR count). The van der Waals surface area contributed by atoms with Gasteiger partial charge in [0.25, 0.3) is 5.56 Å². The predicted octanol–water partition coefficient (Wildman–Crippen LogP) is 3.38. The van der Waals surface area contributed by atoms with Crippen molar-refractivity contribution < 1.29 is 4.79 Å². The second-order valence-corrected chi connectivity index (χ2v) is 7.17. The Kier molecular flexibility index (Phi) is 4.42. The lowest BCUT2D eigenvalue weighted by atomic mass is 10.1. The minimum Gasteiger partial charge on any atom is -0.320 e. The summed E-state index contributed by atoms with van der Waals surface area (Å²) < 4.78 is 1.59. The molecule has 0 fully saturated rings. The third-order valence-electron chi connectivity index (χ3n) is 3.08. The van der Waals surface area contributed by atoms with E-state index in [1.807, 2.05) is 5.38 Å². The smallest absolute Gasteiger partial charge is 0.276 e. The Hall–Kier alpha value is -1.14.